The van der Waals surface area contributed by atoms with Crippen LogP contribution in [0.5, 0.6) is 5.75 Å². The Balaban J connectivity index is 1.63. The Morgan fingerprint density at radius 2 is 1.56 bits per heavy atom. The van der Waals surface area contributed by atoms with Crippen molar-refractivity contribution < 1.29 is 19.1 Å². The average molecular weight is 675 g/mol. The Bertz CT molecular complexity index is 1840. The number of nitrogens with zero attached hydrogens (tertiary/aromatic N) is 4. The summed E-state index contributed by atoms with van der Waals surface area (Å²) in [7, 11) is 0. The van der Waals surface area contributed by atoms with Crippen molar-refractivity contribution >= 4 is 23.9 Å². The number of amides is 2. The van der Waals surface area contributed by atoms with E-state index in [4.69, 9.17) is 9.84 Å². The predicted octanol–water partition coefficient (Wildman–Crippen LogP) is 8.70. The lowest BCUT2D eigenvalue weighted by Crippen LogP contribution is -2.36. The van der Waals surface area contributed by atoms with Gasteiger partial charge in [0.05, 0.1) is 16.8 Å². The number of hydrogen-bond acceptors (Lipinski definition) is 5. The van der Waals surface area contributed by atoms with E-state index in [1.54, 1.807) is 47.1 Å². The molecule has 5 rings (SSSR count). The highest BCUT2D eigenvalue weighted by Gasteiger charge is 2.29. The quantitative estimate of drug-likeness (QED) is 0.111. The van der Waals surface area contributed by atoms with Crippen LogP contribution in [0.3, 0.4) is 0 Å². The molecule has 262 valence electrons. The Morgan fingerprint density at radius 1 is 0.900 bits per heavy atom. The number of carbonyl (C=O) groups is 3. The zero-order valence-electron chi connectivity index (χ0n) is 30.4. The lowest BCUT2D eigenvalue weighted by atomic mass is 9.95. The summed E-state index contributed by atoms with van der Waals surface area (Å²) in [5.41, 5.74) is 5.08. The van der Waals surface area contributed by atoms with E-state index < -0.39 is 5.97 Å². The Kier molecular flexibility index (Phi) is 11.7. The van der Waals surface area contributed by atoms with E-state index in [1.165, 1.54) is 5.56 Å². The molecule has 0 spiro atoms. The van der Waals surface area contributed by atoms with Crippen LogP contribution >= 0.6 is 0 Å². The van der Waals surface area contributed by atoms with Crippen LogP contribution < -0.4 is 4.74 Å². The third kappa shape index (κ3) is 8.59. The van der Waals surface area contributed by atoms with Crippen LogP contribution in [0, 0.1) is 12.3 Å². The highest BCUT2D eigenvalue weighted by atomic mass is 16.5. The number of unbranched alkanes of at least 4 members (excludes halogenated alkanes) is 2. The zero-order valence-corrected chi connectivity index (χ0v) is 30.4. The summed E-state index contributed by atoms with van der Waals surface area (Å²) in [5.74, 6) is -0.485. The van der Waals surface area contributed by atoms with Gasteiger partial charge < -0.3 is 14.5 Å². The fraction of sp³-hybridized carbons (Fsp3) is 0.381. The second kappa shape index (κ2) is 16.2. The largest absolute Gasteiger partial charge is 0.423 e. The molecule has 1 aliphatic rings. The van der Waals surface area contributed by atoms with E-state index in [0.29, 0.717) is 48.9 Å². The number of fused-ring (bicyclic) bond motifs is 1. The molecule has 1 aromatic heterocycles. The normalized spacial score (nSPS) is 13.0. The van der Waals surface area contributed by atoms with Crippen molar-refractivity contribution in [2.75, 3.05) is 19.6 Å². The highest BCUT2D eigenvalue weighted by Crippen LogP contribution is 2.29. The number of rotatable bonds is 12. The molecule has 50 heavy (non-hydrogen) atoms. The molecular formula is C42H50N4O4. The number of esters is 1. The van der Waals surface area contributed by atoms with Crippen molar-refractivity contribution in [1.29, 1.82) is 0 Å². The van der Waals surface area contributed by atoms with Gasteiger partial charge in [0.25, 0.3) is 11.8 Å². The number of aromatic nitrogens is 2. The maximum atomic E-state index is 14.5. The predicted molar refractivity (Wildman–Crippen MR) is 199 cm³/mol. The van der Waals surface area contributed by atoms with Gasteiger partial charge in [-0.3, -0.25) is 9.59 Å². The SMILES string of the molecule is CCCCN(CCCC)C(=O)c1nn(-c2ccc(C(=O)Oc3ccccc3)cc2C(=O)N2CCc3ccccc3C2)c(C)c1/C=C/C(C)(C)C. The van der Waals surface area contributed by atoms with Crippen LogP contribution in [-0.2, 0) is 13.0 Å². The number of allylic oxidation sites excluding steroid dienone is 1. The van der Waals surface area contributed by atoms with Crippen LogP contribution in [0.4, 0.5) is 0 Å². The van der Waals surface area contributed by atoms with E-state index in [-0.39, 0.29) is 22.8 Å². The first-order chi connectivity index (χ1) is 24.0. The minimum Gasteiger partial charge on any atom is -0.423 e. The Hall–Kier alpha value is -4.98. The minimum atomic E-state index is -0.565. The smallest absolute Gasteiger partial charge is 0.343 e. The van der Waals surface area contributed by atoms with Gasteiger partial charge in [0.2, 0.25) is 0 Å². The first-order valence-electron chi connectivity index (χ1n) is 17.9. The summed E-state index contributed by atoms with van der Waals surface area (Å²) < 4.78 is 7.36. The van der Waals surface area contributed by atoms with Crippen LogP contribution in [0.15, 0.2) is 78.9 Å². The van der Waals surface area contributed by atoms with Crippen LogP contribution in [0.25, 0.3) is 11.8 Å². The maximum absolute atomic E-state index is 14.5. The molecule has 0 unspecified atom stereocenters. The summed E-state index contributed by atoms with van der Waals surface area (Å²) in [4.78, 5) is 45.9. The second-order valence-electron chi connectivity index (χ2n) is 14.1. The second-order valence-corrected chi connectivity index (χ2v) is 14.1. The summed E-state index contributed by atoms with van der Waals surface area (Å²) in [6.07, 6.45) is 8.57. The number of carbonyl (C=O) groups excluding carboxylic acids is 3. The summed E-state index contributed by atoms with van der Waals surface area (Å²) in [6, 6.07) is 22.0. The standard InChI is InChI=1S/C42H50N4O4/c1-7-9-25-44(26-10-8-2)40(48)38-35(22-24-42(4,5)6)30(3)46(43-38)37-21-20-32(41(49)50-34-18-12-11-13-19-34)28-36(37)39(47)45-27-23-31-16-14-15-17-33(31)29-45/h11-22,24,28H,7-10,23,25-27,29H2,1-6H3/b24-22+. The Labute approximate surface area is 296 Å². The van der Waals surface area contributed by atoms with Crippen LogP contribution in [-0.4, -0.2) is 57.0 Å². The van der Waals surface area contributed by atoms with Gasteiger partial charge in [-0.1, -0.05) is 102 Å². The third-order valence-electron chi connectivity index (χ3n) is 9.03. The van der Waals surface area contributed by atoms with Crippen molar-refractivity contribution in [3.05, 3.63) is 118 Å². The lowest BCUT2D eigenvalue weighted by Gasteiger charge is -2.29. The van der Waals surface area contributed by atoms with Gasteiger partial charge in [-0.25, -0.2) is 9.48 Å². The van der Waals surface area contributed by atoms with Gasteiger partial charge in [0.15, 0.2) is 5.69 Å². The molecule has 8 heteroatoms. The maximum Gasteiger partial charge on any atom is 0.343 e. The average Bonchev–Trinajstić information content (AvgIpc) is 3.45. The first kappa shape index (κ1) is 36.3. The van der Waals surface area contributed by atoms with Crippen molar-refractivity contribution in [2.24, 2.45) is 5.41 Å². The molecule has 0 atom stereocenters. The number of para-hydroxylation sites is 1. The summed E-state index contributed by atoms with van der Waals surface area (Å²) in [5, 5.41) is 4.97. The number of ether oxygens (including phenoxy) is 1. The van der Waals surface area contributed by atoms with Crippen molar-refractivity contribution in [1.82, 2.24) is 19.6 Å². The molecule has 4 aromatic rings. The van der Waals surface area contributed by atoms with Gasteiger partial charge in [-0.05, 0) is 73.1 Å². The van der Waals surface area contributed by atoms with Crippen molar-refractivity contribution in [3.63, 3.8) is 0 Å². The molecule has 0 aliphatic carbocycles. The van der Waals surface area contributed by atoms with Gasteiger partial charge in [-0.2, -0.15) is 5.10 Å². The molecule has 0 radical (unpaired) electrons. The molecular weight excluding hydrogens is 624 g/mol. The van der Waals surface area contributed by atoms with Crippen molar-refractivity contribution in [3.8, 4) is 11.4 Å². The summed E-state index contributed by atoms with van der Waals surface area (Å²) >= 11 is 0. The highest BCUT2D eigenvalue weighted by molar-refractivity contribution is 6.02. The molecule has 0 N–H and O–H groups in total. The molecule has 2 heterocycles. The number of benzene rings is 3. The molecule has 0 saturated carbocycles. The molecule has 0 bridgehead atoms. The van der Waals surface area contributed by atoms with Gasteiger partial charge in [0.1, 0.15) is 5.75 Å². The van der Waals surface area contributed by atoms with Crippen LogP contribution in [0.2, 0.25) is 0 Å². The van der Waals surface area contributed by atoms with E-state index >= 15 is 0 Å². The Morgan fingerprint density at radius 3 is 2.22 bits per heavy atom. The minimum absolute atomic E-state index is 0.120. The molecule has 0 saturated heterocycles. The molecule has 2 amide bonds. The molecule has 3 aromatic carbocycles. The number of hydrogen-bond donors (Lipinski definition) is 0. The van der Waals surface area contributed by atoms with Gasteiger partial charge in [0, 0.05) is 37.4 Å². The fourth-order valence-electron chi connectivity index (χ4n) is 6.12. The third-order valence-corrected chi connectivity index (χ3v) is 9.03. The topological polar surface area (TPSA) is 84.7 Å². The molecule has 1 aliphatic heterocycles. The monoisotopic (exact) mass is 674 g/mol. The van der Waals surface area contributed by atoms with Gasteiger partial charge >= 0.3 is 5.97 Å². The molecule has 0 fully saturated rings. The van der Waals surface area contributed by atoms with E-state index in [9.17, 15) is 14.4 Å². The van der Waals surface area contributed by atoms with E-state index in [2.05, 4.69) is 52.8 Å². The van der Waals surface area contributed by atoms with E-state index in [0.717, 1.165) is 48.9 Å². The van der Waals surface area contributed by atoms with Gasteiger partial charge in [-0.15, -0.1) is 0 Å². The summed E-state index contributed by atoms with van der Waals surface area (Å²) in [6.45, 7) is 14.8. The lowest BCUT2D eigenvalue weighted by molar-refractivity contribution is 0.0728. The van der Waals surface area contributed by atoms with Crippen LogP contribution in [0.1, 0.15) is 114 Å². The fourth-order valence-corrected chi connectivity index (χ4v) is 6.12. The molecule has 8 nitrogen and oxygen atoms in total. The van der Waals surface area contributed by atoms with E-state index in [1.807, 2.05) is 41.0 Å². The first-order valence-corrected chi connectivity index (χ1v) is 17.9. The zero-order chi connectivity index (χ0) is 35.8. The van der Waals surface area contributed by atoms with Crippen molar-refractivity contribution in [2.45, 2.75) is 80.2 Å².